The summed E-state index contributed by atoms with van der Waals surface area (Å²) < 4.78 is 11.4. The first-order valence-corrected chi connectivity index (χ1v) is 10.9. The molecule has 3 rings (SSSR count). The smallest absolute Gasteiger partial charge is 0.340 e. The average Bonchev–Trinajstić information content (AvgIpc) is 3.09. The lowest BCUT2D eigenvalue weighted by Crippen LogP contribution is -2.50. The second kappa shape index (κ2) is 9.85. The Morgan fingerprint density at radius 2 is 1.47 bits per heavy atom. The van der Waals surface area contributed by atoms with Gasteiger partial charge in [-0.25, -0.2) is 4.79 Å². The molecule has 2 heterocycles. The standard InChI is InChI=1S/C24H31NO9/c1-10-13(4)33-22-12(3)23-15(6-14(10)22)11(2)16(24(32)34-23)7-19(29)25(5)8-17(27)20(30)21(31)18(28)9-26/h6,17-18,20-21,26-28,30-31H,7-9H2,1-5H3/t17-,18-,20-,21-/m1/s1. The molecule has 0 fully saturated rings. The molecule has 34 heavy (non-hydrogen) atoms. The van der Waals surface area contributed by atoms with Gasteiger partial charge in [0, 0.05) is 29.9 Å². The Morgan fingerprint density at radius 3 is 2.09 bits per heavy atom. The van der Waals surface area contributed by atoms with Crippen molar-refractivity contribution in [3.63, 3.8) is 0 Å². The van der Waals surface area contributed by atoms with Gasteiger partial charge in [0.05, 0.1) is 18.6 Å². The van der Waals surface area contributed by atoms with Crippen LogP contribution >= 0.6 is 0 Å². The van der Waals surface area contributed by atoms with Crippen LogP contribution in [0.1, 0.15) is 28.0 Å². The van der Waals surface area contributed by atoms with E-state index in [0.29, 0.717) is 27.7 Å². The van der Waals surface area contributed by atoms with E-state index >= 15 is 0 Å². The van der Waals surface area contributed by atoms with Crippen LogP contribution in [0.15, 0.2) is 19.7 Å². The number of carbonyl (C=O) groups excluding carboxylic acids is 1. The van der Waals surface area contributed by atoms with Crippen LogP contribution in [0.2, 0.25) is 0 Å². The third-order valence-electron chi connectivity index (χ3n) is 6.48. The van der Waals surface area contributed by atoms with Crippen molar-refractivity contribution in [3.8, 4) is 0 Å². The number of aryl methyl sites for hydroxylation is 4. The third-order valence-corrected chi connectivity index (χ3v) is 6.48. The van der Waals surface area contributed by atoms with Gasteiger partial charge in [0.25, 0.3) is 0 Å². The Labute approximate surface area is 195 Å². The molecule has 0 spiro atoms. The number of benzene rings is 1. The molecule has 0 aliphatic heterocycles. The maximum absolute atomic E-state index is 12.8. The summed E-state index contributed by atoms with van der Waals surface area (Å²) in [5.41, 5.74) is 2.82. The van der Waals surface area contributed by atoms with Gasteiger partial charge in [0.15, 0.2) is 0 Å². The fourth-order valence-electron chi connectivity index (χ4n) is 4.04. The number of hydrogen-bond donors (Lipinski definition) is 5. The Morgan fingerprint density at radius 1 is 0.912 bits per heavy atom. The van der Waals surface area contributed by atoms with Crippen LogP contribution in [0.3, 0.4) is 0 Å². The molecule has 0 saturated carbocycles. The molecule has 1 aromatic carbocycles. The molecule has 2 aromatic heterocycles. The molecule has 0 aliphatic carbocycles. The van der Waals surface area contributed by atoms with E-state index in [-0.39, 0.29) is 18.5 Å². The first kappa shape index (κ1) is 25.9. The van der Waals surface area contributed by atoms with E-state index in [4.69, 9.17) is 13.9 Å². The summed E-state index contributed by atoms with van der Waals surface area (Å²) in [7, 11) is 1.37. The average molecular weight is 478 g/mol. The topological polar surface area (TPSA) is 165 Å². The van der Waals surface area contributed by atoms with E-state index in [9.17, 15) is 30.0 Å². The summed E-state index contributed by atoms with van der Waals surface area (Å²) in [6, 6.07) is 1.88. The quantitative estimate of drug-likeness (QED) is 0.285. The van der Waals surface area contributed by atoms with Crippen molar-refractivity contribution in [3.05, 3.63) is 44.5 Å². The molecule has 5 N–H and O–H groups in total. The van der Waals surface area contributed by atoms with Crippen LogP contribution in [0.25, 0.3) is 21.9 Å². The van der Waals surface area contributed by atoms with E-state index in [1.807, 2.05) is 26.8 Å². The summed E-state index contributed by atoms with van der Waals surface area (Å²) in [5, 5.41) is 49.8. The van der Waals surface area contributed by atoms with Gasteiger partial charge in [-0.15, -0.1) is 0 Å². The van der Waals surface area contributed by atoms with Gasteiger partial charge >= 0.3 is 5.63 Å². The van der Waals surface area contributed by atoms with Gasteiger partial charge < -0.3 is 39.3 Å². The molecule has 0 aliphatic rings. The molecule has 0 bridgehead atoms. The normalized spacial score (nSPS) is 15.5. The minimum atomic E-state index is -1.80. The van der Waals surface area contributed by atoms with E-state index < -0.39 is 42.6 Å². The first-order valence-electron chi connectivity index (χ1n) is 10.9. The summed E-state index contributed by atoms with van der Waals surface area (Å²) in [4.78, 5) is 26.7. The highest BCUT2D eigenvalue weighted by molar-refractivity contribution is 6.00. The fourth-order valence-corrected chi connectivity index (χ4v) is 4.04. The molecule has 10 nitrogen and oxygen atoms in total. The molecule has 3 aromatic rings. The number of amides is 1. The second-order valence-corrected chi connectivity index (χ2v) is 8.78. The highest BCUT2D eigenvalue weighted by Crippen LogP contribution is 2.34. The van der Waals surface area contributed by atoms with Crippen molar-refractivity contribution in [2.24, 2.45) is 0 Å². The molecular formula is C24H31NO9. The number of carbonyl (C=O) groups is 1. The number of likely N-dealkylation sites (N-methyl/N-ethyl adjacent to an activating group) is 1. The number of furan rings is 1. The highest BCUT2D eigenvalue weighted by atomic mass is 16.4. The summed E-state index contributed by atoms with van der Waals surface area (Å²) in [6.45, 7) is 6.16. The van der Waals surface area contributed by atoms with Gasteiger partial charge in [-0.05, 0) is 44.9 Å². The Kier molecular flexibility index (Phi) is 7.49. The largest absolute Gasteiger partial charge is 0.461 e. The lowest BCUT2D eigenvalue weighted by molar-refractivity contribution is -0.137. The van der Waals surface area contributed by atoms with E-state index in [2.05, 4.69) is 0 Å². The molecular weight excluding hydrogens is 446 g/mol. The van der Waals surface area contributed by atoms with Crippen LogP contribution < -0.4 is 5.63 Å². The van der Waals surface area contributed by atoms with Gasteiger partial charge in [-0.3, -0.25) is 4.79 Å². The third kappa shape index (κ3) is 4.59. The SMILES string of the molecule is Cc1oc2c(C)c3oc(=O)c(CC(=O)N(C)C[C@@H](O)[C@@H](O)[C@H](O)[C@H](O)CO)c(C)c3cc2c1C. The van der Waals surface area contributed by atoms with Crippen LogP contribution in [0.5, 0.6) is 0 Å². The van der Waals surface area contributed by atoms with Gasteiger partial charge in [-0.1, -0.05) is 0 Å². The van der Waals surface area contributed by atoms with Crippen molar-refractivity contribution in [2.75, 3.05) is 20.2 Å². The highest BCUT2D eigenvalue weighted by Gasteiger charge is 2.31. The molecule has 186 valence electrons. The number of aliphatic hydroxyl groups is 5. The van der Waals surface area contributed by atoms with Crippen LogP contribution in [-0.2, 0) is 11.2 Å². The Bertz CT molecular complexity index is 1280. The van der Waals surface area contributed by atoms with E-state index in [1.165, 1.54) is 7.05 Å². The zero-order valence-corrected chi connectivity index (χ0v) is 19.8. The Hall–Kier alpha value is -2.76. The summed E-state index contributed by atoms with van der Waals surface area (Å²) >= 11 is 0. The molecule has 4 atom stereocenters. The van der Waals surface area contributed by atoms with Gasteiger partial charge in [0.1, 0.15) is 41.3 Å². The molecule has 0 saturated heterocycles. The lowest BCUT2D eigenvalue weighted by Gasteiger charge is -2.28. The lowest BCUT2D eigenvalue weighted by atomic mass is 9.98. The Balaban J connectivity index is 1.88. The van der Waals surface area contributed by atoms with E-state index in [1.54, 1.807) is 6.92 Å². The van der Waals surface area contributed by atoms with Gasteiger partial charge in [-0.2, -0.15) is 0 Å². The minimum absolute atomic E-state index is 0.173. The maximum atomic E-state index is 12.8. The van der Waals surface area contributed by atoms with Crippen molar-refractivity contribution < 1.29 is 39.2 Å². The maximum Gasteiger partial charge on any atom is 0.340 e. The van der Waals surface area contributed by atoms with Crippen molar-refractivity contribution in [2.45, 2.75) is 58.5 Å². The summed E-state index contributed by atoms with van der Waals surface area (Å²) in [6.07, 6.45) is -7.13. The predicted molar refractivity (Wildman–Crippen MR) is 124 cm³/mol. The fraction of sp³-hybridized carbons (Fsp3) is 0.500. The second-order valence-electron chi connectivity index (χ2n) is 8.78. The van der Waals surface area contributed by atoms with Crippen molar-refractivity contribution in [1.82, 2.24) is 4.90 Å². The van der Waals surface area contributed by atoms with Crippen LogP contribution in [0.4, 0.5) is 0 Å². The van der Waals surface area contributed by atoms with Crippen molar-refractivity contribution >= 4 is 27.8 Å². The molecule has 1 amide bonds. The van der Waals surface area contributed by atoms with E-state index in [0.717, 1.165) is 21.6 Å². The van der Waals surface area contributed by atoms with Crippen molar-refractivity contribution in [1.29, 1.82) is 0 Å². The van der Waals surface area contributed by atoms with Crippen LogP contribution in [-0.4, -0.2) is 81.0 Å². The number of rotatable bonds is 8. The number of aliphatic hydroxyl groups excluding tert-OH is 5. The minimum Gasteiger partial charge on any atom is -0.461 e. The molecule has 0 radical (unpaired) electrons. The number of nitrogens with zero attached hydrogens (tertiary/aromatic N) is 1. The zero-order valence-electron chi connectivity index (χ0n) is 19.8. The first-order chi connectivity index (χ1) is 15.9. The number of hydrogen-bond acceptors (Lipinski definition) is 9. The van der Waals surface area contributed by atoms with Gasteiger partial charge in [0.2, 0.25) is 5.91 Å². The summed E-state index contributed by atoms with van der Waals surface area (Å²) in [5.74, 6) is 0.245. The molecule has 10 heteroatoms. The van der Waals surface area contributed by atoms with Crippen LogP contribution in [0, 0.1) is 27.7 Å². The number of fused-ring (bicyclic) bond motifs is 2. The predicted octanol–water partition coefficient (Wildman–Crippen LogP) is 0.210. The zero-order chi connectivity index (χ0) is 25.5. The molecule has 0 unspecified atom stereocenters. The monoisotopic (exact) mass is 477 g/mol.